The molecule has 0 saturated heterocycles. The average molecular weight is 356 g/mol. The van der Waals surface area contributed by atoms with Gasteiger partial charge in [0.1, 0.15) is 17.5 Å². The Bertz CT molecular complexity index is 631. The van der Waals surface area contributed by atoms with E-state index < -0.39 is 0 Å². The van der Waals surface area contributed by atoms with Crippen LogP contribution in [0.5, 0.6) is 0 Å². The second-order valence-corrected chi connectivity index (χ2v) is 5.58. The lowest BCUT2D eigenvalue weighted by molar-refractivity contribution is 0.935. The zero-order valence-electron chi connectivity index (χ0n) is 11.6. The predicted octanol–water partition coefficient (Wildman–Crippen LogP) is 4.55. The summed E-state index contributed by atoms with van der Waals surface area (Å²) in [6, 6.07) is 5.68. The smallest absolute Gasteiger partial charge is 0.139 e. The summed E-state index contributed by atoms with van der Waals surface area (Å²) in [5.74, 6) is 2.44. The monoisotopic (exact) mass is 354 g/mol. The topological polar surface area (TPSA) is 49.8 Å². The van der Waals surface area contributed by atoms with Gasteiger partial charge < -0.3 is 10.6 Å². The van der Waals surface area contributed by atoms with Gasteiger partial charge >= 0.3 is 0 Å². The van der Waals surface area contributed by atoms with Crippen LogP contribution >= 0.6 is 27.5 Å². The molecule has 20 heavy (non-hydrogen) atoms. The summed E-state index contributed by atoms with van der Waals surface area (Å²) in [4.78, 5) is 8.99. The van der Waals surface area contributed by atoms with Gasteiger partial charge in [0.05, 0.1) is 5.02 Å². The van der Waals surface area contributed by atoms with Gasteiger partial charge in [0.2, 0.25) is 0 Å². The second kappa shape index (κ2) is 6.41. The number of aryl methyl sites for hydroxylation is 1. The molecule has 4 nitrogen and oxygen atoms in total. The number of anilines is 3. The minimum absolute atomic E-state index is 0.681. The predicted molar refractivity (Wildman–Crippen MR) is 88.1 cm³/mol. The van der Waals surface area contributed by atoms with E-state index in [1.54, 1.807) is 0 Å². The lowest BCUT2D eigenvalue weighted by Crippen LogP contribution is -2.06. The van der Waals surface area contributed by atoms with E-state index in [4.69, 9.17) is 11.6 Å². The highest BCUT2D eigenvalue weighted by Gasteiger charge is 2.10. The summed E-state index contributed by atoms with van der Waals surface area (Å²) in [5, 5.41) is 7.09. The molecule has 0 radical (unpaired) electrons. The Hall–Kier alpha value is -1.33. The quantitative estimate of drug-likeness (QED) is 0.845. The molecule has 0 aliphatic carbocycles. The Morgan fingerprint density at radius 3 is 2.55 bits per heavy atom. The molecule has 0 bridgehead atoms. The normalized spacial score (nSPS) is 10.4. The number of hydrogen-bond donors (Lipinski definition) is 2. The molecule has 106 valence electrons. The van der Waals surface area contributed by atoms with Gasteiger partial charge in [-0.1, -0.05) is 18.5 Å². The molecule has 0 amide bonds. The highest BCUT2D eigenvalue weighted by atomic mass is 79.9. The molecule has 1 aromatic carbocycles. The maximum atomic E-state index is 6.00. The maximum Gasteiger partial charge on any atom is 0.139 e. The highest BCUT2D eigenvalue weighted by Crippen LogP contribution is 2.29. The van der Waals surface area contributed by atoms with Crippen molar-refractivity contribution in [2.24, 2.45) is 0 Å². The fourth-order valence-electron chi connectivity index (χ4n) is 1.80. The van der Waals surface area contributed by atoms with Crippen molar-refractivity contribution in [2.75, 3.05) is 17.7 Å². The zero-order valence-corrected chi connectivity index (χ0v) is 13.9. The molecule has 1 heterocycles. The van der Waals surface area contributed by atoms with E-state index in [2.05, 4.69) is 36.5 Å². The number of nitrogens with one attached hydrogen (secondary N) is 2. The molecule has 2 rings (SSSR count). The third kappa shape index (κ3) is 3.22. The molecule has 0 atom stereocenters. The molecule has 0 aliphatic heterocycles. The summed E-state index contributed by atoms with van der Waals surface area (Å²) in [6.07, 6.45) is 0.786. The number of halogens is 2. The van der Waals surface area contributed by atoms with Crippen LogP contribution in [0.25, 0.3) is 0 Å². The van der Waals surface area contributed by atoms with Crippen molar-refractivity contribution >= 4 is 44.9 Å². The largest absolute Gasteiger partial charge is 0.373 e. The van der Waals surface area contributed by atoms with E-state index in [9.17, 15) is 0 Å². The standard InChI is InChI=1S/C14H16BrClN4/c1-4-12-19-13(17-3)8(2)14(20-12)18-9-5-6-11(16)10(15)7-9/h5-7H,4H2,1-3H3,(H2,17,18,19,20). The number of nitrogens with zero attached hydrogens (tertiary/aromatic N) is 2. The SMILES string of the molecule is CCc1nc(NC)c(C)c(Nc2ccc(Cl)c(Br)c2)n1. The van der Waals surface area contributed by atoms with E-state index in [0.29, 0.717) is 5.02 Å². The number of aromatic nitrogens is 2. The molecule has 2 N–H and O–H groups in total. The fraction of sp³-hybridized carbons (Fsp3) is 0.286. The Balaban J connectivity index is 2.39. The maximum absolute atomic E-state index is 6.00. The molecule has 2 aromatic rings. The summed E-state index contributed by atoms with van der Waals surface area (Å²) < 4.78 is 0.848. The van der Waals surface area contributed by atoms with Gasteiger partial charge in [0.25, 0.3) is 0 Å². The molecular formula is C14H16BrClN4. The van der Waals surface area contributed by atoms with Crippen molar-refractivity contribution < 1.29 is 0 Å². The van der Waals surface area contributed by atoms with Crippen molar-refractivity contribution in [1.29, 1.82) is 0 Å². The van der Waals surface area contributed by atoms with Crippen LogP contribution < -0.4 is 10.6 Å². The third-order valence-corrected chi connectivity index (χ3v) is 4.14. The summed E-state index contributed by atoms with van der Waals surface area (Å²) in [5.41, 5.74) is 1.91. The zero-order chi connectivity index (χ0) is 14.7. The van der Waals surface area contributed by atoms with Crippen LogP contribution in [0.15, 0.2) is 22.7 Å². The van der Waals surface area contributed by atoms with Crippen LogP contribution in [0.1, 0.15) is 18.3 Å². The number of hydrogen-bond acceptors (Lipinski definition) is 4. The lowest BCUT2D eigenvalue weighted by atomic mass is 10.2. The summed E-state index contributed by atoms with van der Waals surface area (Å²) in [7, 11) is 1.86. The fourth-order valence-corrected chi connectivity index (χ4v) is 2.29. The molecule has 0 saturated carbocycles. The first-order chi connectivity index (χ1) is 9.55. The highest BCUT2D eigenvalue weighted by molar-refractivity contribution is 9.10. The van der Waals surface area contributed by atoms with Gasteiger partial charge in [-0.15, -0.1) is 0 Å². The van der Waals surface area contributed by atoms with Gasteiger partial charge in [-0.3, -0.25) is 0 Å². The minimum atomic E-state index is 0.681. The molecule has 0 unspecified atom stereocenters. The van der Waals surface area contributed by atoms with Crippen molar-refractivity contribution in [3.63, 3.8) is 0 Å². The van der Waals surface area contributed by atoms with Crippen LogP contribution in [0, 0.1) is 6.92 Å². The van der Waals surface area contributed by atoms with Crippen molar-refractivity contribution in [3.05, 3.63) is 39.1 Å². The third-order valence-electron chi connectivity index (χ3n) is 2.93. The minimum Gasteiger partial charge on any atom is -0.373 e. The summed E-state index contributed by atoms with van der Waals surface area (Å²) in [6.45, 7) is 4.02. The van der Waals surface area contributed by atoms with Crippen LogP contribution in [0.4, 0.5) is 17.3 Å². The van der Waals surface area contributed by atoms with Crippen molar-refractivity contribution in [2.45, 2.75) is 20.3 Å². The Labute approximate surface area is 132 Å². The van der Waals surface area contributed by atoms with Crippen LogP contribution in [0.3, 0.4) is 0 Å². The molecule has 0 spiro atoms. The van der Waals surface area contributed by atoms with Crippen molar-refractivity contribution in [3.8, 4) is 0 Å². The molecule has 0 aliphatic rings. The first kappa shape index (κ1) is 15.1. The molecule has 0 fully saturated rings. The van der Waals surface area contributed by atoms with Gasteiger partial charge in [-0.05, 0) is 41.1 Å². The van der Waals surface area contributed by atoms with E-state index in [-0.39, 0.29) is 0 Å². The molecular weight excluding hydrogens is 340 g/mol. The van der Waals surface area contributed by atoms with E-state index >= 15 is 0 Å². The first-order valence-corrected chi connectivity index (χ1v) is 7.49. The Morgan fingerprint density at radius 1 is 1.25 bits per heavy atom. The van der Waals surface area contributed by atoms with E-state index in [1.807, 2.05) is 39.1 Å². The van der Waals surface area contributed by atoms with Gasteiger partial charge in [0.15, 0.2) is 0 Å². The van der Waals surface area contributed by atoms with E-state index in [1.165, 1.54) is 0 Å². The second-order valence-electron chi connectivity index (χ2n) is 4.32. The number of benzene rings is 1. The lowest BCUT2D eigenvalue weighted by Gasteiger charge is -2.13. The molecule has 1 aromatic heterocycles. The average Bonchev–Trinajstić information content (AvgIpc) is 2.45. The van der Waals surface area contributed by atoms with Gasteiger partial charge in [-0.25, -0.2) is 9.97 Å². The Kier molecular flexibility index (Phi) is 4.83. The van der Waals surface area contributed by atoms with Crippen LogP contribution in [0.2, 0.25) is 5.02 Å². The summed E-state index contributed by atoms with van der Waals surface area (Å²) >= 11 is 9.42. The Morgan fingerprint density at radius 2 is 1.95 bits per heavy atom. The van der Waals surface area contributed by atoms with Crippen molar-refractivity contribution in [1.82, 2.24) is 9.97 Å². The van der Waals surface area contributed by atoms with Crippen LogP contribution in [-0.4, -0.2) is 17.0 Å². The van der Waals surface area contributed by atoms with E-state index in [0.717, 1.165) is 39.6 Å². The molecule has 6 heteroatoms. The van der Waals surface area contributed by atoms with Gasteiger partial charge in [0, 0.05) is 29.2 Å². The van der Waals surface area contributed by atoms with Gasteiger partial charge in [-0.2, -0.15) is 0 Å². The first-order valence-electron chi connectivity index (χ1n) is 6.32. The van der Waals surface area contributed by atoms with Crippen LogP contribution in [-0.2, 0) is 6.42 Å². The number of rotatable bonds is 4.